The van der Waals surface area contributed by atoms with E-state index in [1.807, 2.05) is 38.1 Å². The molecule has 2 aromatic rings. The van der Waals surface area contributed by atoms with Crippen molar-refractivity contribution in [2.45, 2.75) is 32.3 Å². The third-order valence-electron chi connectivity index (χ3n) is 4.83. The van der Waals surface area contributed by atoms with Gasteiger partial charge in [-0.2, -0.15) is 0 Å². The normalized spacial score (nSPS) is 20.0. The highest BCUT2D eigenvalue weighted by molar-refractivity contribution is 5.90. The van der Waals surface area contributed by atoms with Crippen LogP contribution in [0.5, 0.6) is 5.75 Å². The Kier molecular flexibility index (Phi) is 5.52. The van der Waals surface area contributed by atoms with Gasteiger partial charge in [0.05, 0.1) is 6.54 Å². The first-order valence-electron chi connectivity index (χ1n) is 8.85. The number of aryl methyl sites for hydroxylation is 2. The van der Waals surface area contributed by atoms with Crippen LogP contribution in [0.15, 0.2) is 36.5 Å². The second kappa shape index (κ2) is 7.83. The molecule has 0 N–H and O–H groups in total. The lowest BCUT2D eigenvalue weighted by atomic mass is 9.93. The molecule has 3 rings (SSSR count). The molecule has 1 atom stereocenters. The largest absolute Gasteiger partial charge is 0.490 e. The zero-order chi connectivity index (χ0) is 18.6. The van der Waals surface area contributed by atoms with Gasteiger partial charge in [-0.05, 0) is 44.4 Å². The average molecular weight is 355 g/mol. The van der Waals surface area contributed by atoms with Crippen LogP contribution in [-0.2, 0) is 4.74 Å². The fraction of sp³-hybridized carbons (Fsp3) is 0.450. The standard InChI is InChI=1S/C20H25N3O3/c1-15-7-4-5-8-17(15)26-14-20(25-3)10-6-12-23(13-20)19(24)18-21-11-9-16(2)22-18/h4-5,7-9,11H,6,10,12-14H2,1-3H3/t20-/m0/s1. The quantitative estimate of drug-likeness (QED) is 0.825. The minimum absolute atomic E-state index is 0.161. The summed E-state index contributed by atoms with van der Waals surface area (Å²) in [4.78, 5) is 22.9. The molecule has 1 aliphatic rings. The summed E-state index contributed by atoms with van der Waals surface area (Å²) in [5.74, 6) is 0.914. The van der Waals surface area contributed by atoms with Gasteiger partial charge in [0.2, 0.25) is 5.82 Å². The number of carbonyl (C=O) groups excluding carboxylic acids is 1. The highest BCUT2D eigenvalue weighted by Crippen LogP contribution is 2.27. The smallest absolute Gasteiger partial charge is 0.291 e. The van der Waals surface area contributed by atoms with Crippen LogP contribution in [0.2, 0.25) is 0 Å². The maximum absolute atomic E-state index is 12.8. The van der Waals surface area contributed by atoms with Crippen molar-refractivity contribution < 1.29 is 14.3 Å². The van der Waals surface area contributed by atoms with E-state index in [9.17, 15) is 4.79 Å². The monoisotopic (exact) mass is 355 g/mol. The number of amides is 1. The molecule has 1 fully saturated rings. The number of rotatable bonds is 5. The number of likely N-dealkylation sites (tertiary alicyclic amines) is 1. The van der Waals surface area contributed by atoms with Crippen molar-refractivity contribution in [3.63, 3.8) is 0 Å². The summed E-state index contributed by atoms with van der Waals surface area (Å²) >= 11 is 0. The highest BCUT2D eigenvalue weighted by atomic mass is 16.5. The van der Waals surface area contributed by atoms with Gasteiger partial charge in [0.15, 0.2) is 0 Å². The van der Waals surface area contributed by atoms with E-state index in [0.717, 1.165) is 29.8 Å². The zero-order valence-corrected chi connectivity index (χ0v) is 15.6. The first-order chi connectivity index (χ1) is 12.5. The van der Waals surface area contributed by atoms with Crippen molar-refractivity contribution >= 4 is 5.91 Å². The van der Waals surface area contributed by atoms with Crippen LogP contribution in [0.3, 0.4) is 0 Å². The summed E-state index contributed by atoms with van der Waals surface area (Å²) in [6.45, 7) is 5.40. The van der Waals surface area contributed by atoms with E-state index < -0.39 is 5.60 Å². The van der Waals surface area contributed by atoms with Crippen LogP contribution in [0, 0.1) is 13.8 Å². The molecule has 6 heteroatoms. The van der Waals surface area contributed by atoms with Crippen LogP contribution in [0.1, 0.15) is 34.7 Å². The van der Waals surface area contributed by atoms with Crippen molar-refractivity contribution in [3.8, 4) is 5.75 Å². The Balaban J connectivity index is 1.72. The summed E-state index contributed by atoms with van der Waals surface area (Å²) in [6, 6.07) is 9.68. The molecule has 0 bridgehead atoms. The van der Waals surface area contributed by atoms with Crippen LogP contribution in [-0.4, -0.2) is 53.2 Å². The Morgan fingerprint density at radius 3 is 2.81 bits per heavy atom. The van der Waals surface area contributed by atoms with Crippen molar-refractivity contribution in [1.29, 1.82) is 0 Å². The Bertz CT molecular complexity index is 780. The number of hydrogen-bond acceptors (Lipinski definition) is 5. The van der Waals surface area contributed by atoms with Crippen molar-refractivity contribution in [3.05, 3.63) is 53.6 Å². The molecular weight excluding hydrogens is 330 g/mol. The van der Waals surface area contributed by atoms with Gasteiger partial charge in [0.1, 0.15) is 18.0 Å². The molecule has 26 heavy (non-hydrogen) atoms. The van der Waals surface area contributed by atoms with Gasteiger partial charge in [-0.3, -0.25) is 4.79 Å². The molecule has 0 aliphatic carbocycles. The predicted molar refractivity (Wildman–Crippen MR) is 98.3 cm³/mol. The molecule has 0 saturated carbocycles. The molecule has 1 aliphatic heterocycles. The third kappa shape index (κ3) is 4.02. The van der Waals surface area contributed by atoms with E-state index in [1.165, 1.54) is 0 Å². The summed E-state index contributed by atoms with van der Waals surface area (Å²) in [6.07, 6.45) is 3.31. The van der Waals surface area contributed by atoms with E-state index in [0.29, 0.717) is 19.7 Å². The second-order valence-electron chi connectivity index (χ2n) is 6.79. The van der Waals surface area contributed by atoms with E-state index in [-0.39, 0.29) is 11.7 Å². The van der Waals surface area contributed by atoms with Crippen molar-refractivity contribution in [2.24, 2.45) is 0 Å². The summed E-state index contributed by atoms with van der Waals surface area (Å²) in [5.41, 5.74) is 1.33. The maximum Gasteiger partial charge on any atom is 0.291 e. The Hall–Kier alpha value is -2.47. The molecule has 138 valence electrons. The Labute approximate surface area is 154 Å². The Morgan fingerprint density at radius 2 is 2.08 bits per heavy atom. The third-order valence-corrected chi connectivity index (χ3v) is 4.83. The minimum Gasteiger partial charge on any atom is -0.490 e. The van der Waals surface area contributed by atoms with Crippen LogP contribution < -0.4 is 4.74 Å². The molecular formula is C20H25N3O3. The predicted octanol–water partition coefficient (Wildman–Crippen LogP) is 2.79. The van der Waals surface area contributed by atoms with E-state index in [4.69, 9.17) is 9.47 Å². The van der Waals surface area contributed by atoms with Gasteiger partial charge < -0.3 is 14.4 Å². The maximum atomic E-state index is 12.8. The van der Waals surface area contributed by atoms with Gasteiger partial charge in [0, 0.05) is 25.5 Å². The molecule has 0 unspecified atom stereocenters. The molecule has 2 heterocycles. The number of hydrogen-bond donors (Lipinski definition) is 0. The van der Waals surface area contributed by atoms with Crippen LogP contribution >= 0.6 is 0 Å². The summed E-state index contributed by atoms with van der Waals surface area (Å²) in [5, 5.41) is 0. The zero-order valence-electron chi connectivity index (χ0n) is 15.6. The van der Waals surface area contributed by atoms with Gasteiger partial charge in [-0.15, -0.1) is 0 Å². The van der Waals surface area contributed by atoms with Crippen LogP contribution in [0.4, 0.5) is 0 Å². The number of piperidine rings is 1. The first kappa shape index (κ1) is 18.3. The number of benzene rings is 1. The number of para-hydroxylation sites is 1. The highest BCUT2D eigenvalue weighted by Gasteiger charge is 2.39. The average Bonchev–Trinajstić information content (AvgIpc) is 2.67. The molecule has 0 spiro atoms. The second-order valence-corrected chi connectivity index (χ2v) is 6.79. The van der Waals surface area contributed by atoms with Crippen LogP contribution in [0.25, 0.3) is 0 Å². The van der Waals surface area contributed by atoms with E-state index >= 15 is 0 Å². The SMILES string of the molecule is CO[C@@]1(COc2ccccc2C)CCCN(C(=O)c2nccc(C)n2)C1. The summed E-state index contributed by atoms with van der Waals surface area (Å²) < 4.78 is 11.8. The van der Waals surface area contributed by atoms with Gasteiger partial charge in [-0.25, -0.2) is 9.97 Å². The lowest BCUT2D eigenvalue weighted by molar-refractivity contribution is -0.0827. The number of aromatic nitrogens is 2. The fourth-order valence-electron chi connectivity index (χ4n) is 3.24. The summed E-state index contributed by atoms with van der Waals surface area (Å²) in [7, 11) is 1.68. The van der Waals surface area contributed by atoms with Gasteiger partial charge in [0.25, 0.3) is 5.91 Å². The molecule has 1 aromatic heterocycles. The van der Waals surface area contributed by atoms with Gasteiger partial charge >= 0.3 is 0 Å². The number of ether oxygens (including phenoxy) is 2. The molecule has 6 nitrogen and oxygen atoms in total. The molecule has 1 saturated heterocycles. The number of carbonyl (C=O) groups is 1. The van der Waals surface area contributed by atoms with Crippen molar-refractivity contribution in [2.75, 3.05) is 26.8 Å². The number of methoxy groups -OCH3 is 1. The van der Waals surface area contributed by atoms with E-state index in [1.54, 1.807) is 24.3 Å². The van der Waals surface area contributed by atoms with E-state index in [2.05, 4.69) is 9.97 Å². The molecule has 1 aromatic carbocycles. The molecule has 0 radical (unpaired) electrons. The first-order valence-corrected chi connectivity index (χ1v) is 8.85. The van der Waals surface area contributed by atoms with Gasteiger partial charge in [-0.1, -0.05) is 18.2 Å². The lowest BCUT2D eigenvalue weighted by Crippen LogP contribution is -2.54. The lowest BCUT2D eigenvalue weighted by Gasteiger charge is -2.41. The van der Waals surface area contributed by atoms with Crippen molar-refractivity contribution in [1.82, 2.24) is 14.9 Å². The fourth-order valence-corrected chi connectivity index (χ4v) is 3.24. The Morgan fingerprint density at radius 1 is 1.27 bits per heavy atom. The topological polar surface area (TPSA) is 64.6 Å². The molecule has 1 amide bonds. The number of nitrogens with zero attached hydrogens (tertiary/aromatic N) is 3. The minimum atomic E-state index is -0.528.